The highest BCUT2D eigenvalue weighted by Crippen LogP contribution is 2.07. The van der Waals surface area contributed by atoms with Crippen LogP contribution in [0.3, 0.4) is 0 Å². The third-order valence-electron chi connectivity index (χ3n) is 1.88. The second kappa shape index (κ2) is 3.16. The molecule has 0 amide bonds. The molecule has 13 heavy (non-hydrogen) atoms. The van der Waals surface area contributed by atoms with Crippen LogP contribution in [-0.4, -0.2) is 22.2 Å². The first kappa shape index (κ1) is 8.22. The van der Waals surface area contributed by atoms with E-state index in [1.54, 1.807) is 6.07 Å². The molecule has 0 saturated heterocycles. The number of fused-ring (bicyclic) bond motifs is 1. The van der Waals surface area contributed by atoms with Gasteiger partial charge in [-0.3, -0.25) is 4.98 Å². The Morgan fingerprint density at radius 1 is 1.00 bits per heavy atom. The molecule has 1 heterocycles. The fraction of sp³-hybridized carbons (Fsp3) is 0. The third kappa shape index (κ3) is 1.54. The highest BCUT2D eigenvalue weighted by molar-refractivity contribution is 6.57. The number of rotatable bonds is 1. The van der Waals surface area contributed by atoms with Crippen LogP contribution in [0.1, 0.15) is 0 Å². The number of hydrogen-bond acceptors (Lipinski definition) is 3. The highest BCUT2D eigenvalue weighted by Gasteiger charge is 2.12. The van der Waals surface area contributed by atoms with E-state index in [1.165, 1.54) is 0 Å². The lowest BCUT2D eigenvalue weighted by atomic mass is 9.85. The van der Waals surface area contributed by atoms with Crippen LogP contribution >= 0.6 is 0 Å². The van der Waals surface area contributed by atoms with Crippen molar-refractivity contribution in [1.82, 2.24) is 4.98 Å². The minimum Gasteiger partial charge on any atom is -0.422 e. The van der Waals surface area contributed by atoms with Crippen LogP contribution in [-0.2, 0) is 0 Å². The lowest BCUT2D eigenvalue weighted by Crippen LogP contribution is -2.32. The molecule has 1 aromatic heterocycles. The van der Waals surface area contributed by atoms with Crippen molar-refractivity contribution in [2.75, 3.05) is 0 Å². The van der Waals surface area contributed by atoms with Gasteiger partial charge in [0.25, 0.3) is 0 Å². The molecule has 2 rings (SSSR count). The molecule has 1 aromatic carbocycles. The first-order chi connectivity index (χ1) is 6.27. The van der Waals surface area contributed by atoms with Crippen molar-refractivity contribution >= 4 is 23.6 Å². The summed E-state index contributed by atoms with van der Waals surface area (Å²) in [5.74, 6) is 0. The standard InChI is InChI=1S/C9H8BNO2/c12-10(13)9-6-5-7-3-1-2-4-8(7)11-9/h1-6,12-13H. The van der Waals surface area contributed by atoms with Crippen molar-refractivity contribution in [2.45, 2.75) is 0 Å². The van der Waals surface area contributed by atoms with Gasteiger partial charge in [0.15, 0.2) is 0 Å². The highest BCUT2D eigenvalue weighted by atomic mass is 16.4. The minimum atomic E-state index is -1.50. The molecule has 2 aromatic rings. The van der Waals surface area contributed by atoms with Crippen molar-refractivity contribution < 1.29 is 10.0 Å². The summed E-state index contributed by atoms with van der Waals surface area (Å²) in [6, 6.07) is 11.0. The van der Waals surface area contributed by atoms with Gasteiger partial charge in [0.2, 0.25) is 0 Å². The van der Waals surface area contributed by atoms with Gasteiger partial charge in [-0.15, -0.1) is 0 Å². The average Bonchev–Trinajstić information content (AvgIpc) is 2.17. The maximum absolute atomic E-state index is 8.88. The number of aromatic nitrogens is 1. The van der Waals surface area contributed by atoms with Crippen LogP contribution < -0.4 is 5.59 Å². The van der Waals surface area contributed by atoms with E-state index < -0.39 is 7.12 Å². The molecule has 0 bridgehead atoms. The predicted molar refractivity (Wildman–Crippen MR) is 51.6 cm³/mol. The normalized spacial score (nSPS) is 10.3. The summed E-state index contributed by atoms with van der Waals surface area (Å²) in [7, 11) is -1.50. The largest absolute Gasteiger partial charge is 0.508 e. The molecular weight excluding hydrogens is 165 g/mol. The summed E-state index contributed by atoms with van der Waals surface area (Å²) in [6.07, 6.45) is 0. The van der Waals surface area contributed by atoms with Crippen LogP contribution in [0.25, 0.3) is 10.9 Å². The van der Waals surface area contributed by atoms with E-state index in [2.05, 4.69) is 4.98 Å². The summed E-state index contributed by atoms with van der Waals surface area (Å²) in [5, 5.41) is 18.7. The van der Waals surface area contributed by atoms with E-state index in [4.69, 9.17) is 10.0 Å². The molecule has 0 radical (unpaired) electrons. The first-order valence-corrected chi connectivity index (χ1v) is 3.99. The smallest absolute Gasteiger partial charge is 0.422 e. The molecule has 0 fully saturated rings. The van der Waals surface area contributed by atoms with E-state index >= 15 is 0 Å². The van der Waals surface area contributed by atoms with Gasteiger partial charge in [-0.2, -0.15) is 0 Å². The van der Waals surface area contributed by atoms with Gasteiger partial charge in [-0.05, 0) is 12.1 Å². The molecule has 2 N–H and O–H groups in total. The Morgan fingerprint density at radius 3 is 2.54 bits per heavy atom. The molecular formula is C9H8BNO2. The van der Waals surface area contributed by atoms with E-state index in [1.807, 2.05) is 30.3 Å². The van der Waals surface area contributed by atoms with Crippen molar-refractivity contribution in [3.05, 3.63) is 36.4 Å². The SMILES string of the molecule is OB(O)c1ccc2ccccc2n1. The van der Waals surface area contributed by atoms with Gasteiger partial charge >= 0.3 is 7.12 Å². The Hall–Kier alpha value is -1.39. The lowest BCUT2D eigenvalue weighted by Gasteiger charge is -2.00. The van der Waals surface area contributed by atoms with Gasteiger partial charge in [-0.25, -0.2) is 0 Å². The van der Waals surface area contributed by atoms with Crippen molar-refractivity contribution in [3.8, 4) is 0 Å². The maximum atomic E-state index is 8.88. The van der Waals surface area contributed by atoms with E-state index in [0.29, 0.717) is 0 Å². The fourth-order valence-electron chi connectivity index (χ4n) is 1.23. The van der Waals surface area contributed by atoms with Crippen LogP contribution in [0.4, 0.5) is 0 Å². The Labute approximate surface area is 75.8 Å². The van der Waals surface area contributed by atoms with E-state index in [-0.39, 0.29) is 5.59 Å². The average molecular weight is 173 g/mol. The van der Waals surface area contributed by atoms with Crippen LogP contribution in [0.2, 0.25) is 0 Å². The van der Waals surface area contributed by atoms with Crippen LogP contribution in [0.15, 0.2) is 36.4 Å². The number of nitrogens with zero attached hydrogens (tertiary/aromatic N) is 1. The van der Waals surface area contributed by atoms with Gasteiger partial charge in [0.1, 0.15) is 0 Å². The summed E-state index contributed by atoms with van der Waals surface area (Å²) in [5.41, 5.74) is 1.05. The molecule has 0 atom stereocenters. The van der Waals surface area contributed by atoms with Crippen molar-refractivity contribution in [3.63, 3.8) is 0 Å². The zero-order chi connectivity index (χ0) is 9.26. The molecule has 0 spiro atoms. The van der Waals surface area contributed by atoms with Gasteiger partial charge < -0.3 is 10.0 Å². The second-order valence-corrected chi connectivity index (χ2v) is 2.80. The summed E-state index contributed by atoms with van der Waals surface area (Å²) in [6.45, 7) is 0. The molecule has 3 nitrogen and oxygen atoms in total. The zero-order valence-corrected chi connectivity index (χ0v) is 6.88. The summed E-state index contributed by atoms with van der Waals surface area (Å²) in [4.78, 5) is 4.07. The van der Waals surface area contributed by atoms with Gasteiger partial charge in [-0.1, -0.05) is 24.3 Å². The Bertz CT molecular complexity index is 431. The molecule has 0 aliphatic heterocycles. The summed E-state index contributed by atoms with van der Waals surface area (Å²) >= 11 is 0. The number of para-hydroxylation sites is 1. The Balaban J connectivity index is 2.62. The minimum absolute atomic E-state index is 0.277. The van der Waals surface area contributed by atoms with Crippen LogP contribution in [0.5, 0.6) is 0 Å². The molecule has 64 valence electrons. The van der Waals surface area contributed by atoms with E-state index in [9.17, 15) is 0 Å². The third-order valence-corrected chi connectivity index (χ3v) is 1.88. The maximum Gasteiger partial charge on any atom is 0.508 e. The lowest BCUT2D eigenvalue weighted by molar-refractivity contribution is 0.424. The molecule has 0 aliphatic rings. The van der Waals surface area contributed by atoms with Crippen LogP contribution in [0, 0.1) is 0 Å². The second-order valence-electron chi connectivity index (χ2n) is 2.80. The fourth-order valence-corrected chi connectivity index (χ4v) is 1.23. The molecule has 0 unspecified atom stereocenters. The summed E-state index contributed by atoms with van der Waals surface area (Å²) < 4.78 is 0. The number of hydrogen-bond donors (Lipinski definition) is 2. The quantitative estimate of drug-likeness (QED) is 0.592. The van der Waals surface area contributed by atoms with Gasteiger partial charge in [0.05, 0.1) is 11.1 Å². The predicted octanol–water partition coefficient (Wildman–Crippen LogP) is -0.0854. The topological polar surface area (TPSA) is 53.4 Å². The molecule has 0 saturated carbocycles. The number of benzene rings is 1. The number of pyridine rings is 1. The Kier molecular flexibility index (Phi) is 2.00. The molecule has 0 aliphatic carbocycles. The first-order valence-electron chi connectivity index (χ1n) is 3.99. The van der Waals surface area contributed by atoms with Crippen molar-refractivity contribution in [2.24, 2.45) is 0 Å². The van der Waals surface area contributed by atoms with E-state index in [0.717, 1.165) is 10.9 Å². The Morgan fingerprint density at radius 2 is 1.77 bits per heavy atom. The van der Waals surface area contributed by atoms with Gasteiger partial charge in [0, 0.05) is 5.39 Å². The monoisotopic (exact) mass is 173 g/mol. The zero-order valence-electron chi connectivity index (χ0n) is 6.88. The molecule has 4 heteroatoms. The van der Waals surface area contributed by atoms with Crippen molar-refractivity contribution in [1.29, 1.82) is 0 Å².